The molecule has 2 amide bonds. The van der Waals surface area contributed by atoms with Crippen LogP contribution in [0.15, 0.2) is 48.5 Å². The second kappa shape index (κ2) is 11.7. The van der Waals surface area contributed by atoms with Crippen molar-refractivity contribution in [2.75, 3.05) is 39.9 Å². The van der Waals surface area contributed by atoms with Crippen LogP contribution < -0.4 is 5.73 Å². The number of piperidine rings is 1. The van der Waals surface area contributed by atoms with Crippen molar-refractivity contribution in [3.8, 4) is 11.1 Å². The number of β-amino-alcohol motifs (C(OH)–C–C–N with tert-alkyl or cyclic N) is 1. The summed E-state index contributed by atoms with van der Waals surface area (Å²) in [5, 5.41) is 22.4. The molecule has 4 atom stereocenters. The zero-order chi connectivity index (χ0) is 25.7. The Bertz CT molecular complexity index is 1010. The van der Waals surface area contributed by atoms with E-state index in [9.17, 15) is 15.0 Å². The summed E-state index contributed by atoms with van der Waals surface area (Å²) in [6.45, 7) is 2.03. The molecule has 2 aromatic carbocycles. The number of unbranched alkanes of at least 4 members (excludes halogenated alkanes) is 1. The van der Waals surface area contributed by atoms with Gasteiger partial charge in [0.05, 0.1) is 11.7 Å². The molecule has 2 heterocycles. The van der Waals surface area contributed by atoms with Crippen LogP contribution in [0.1, 0.15) is 37.7 Å². The van der Waals surface area contributed by atoms with Gasteiger partial charge in [-0.25, -0.2) is 9.18 Å². The van der Waals surface area contributed by atoms with Crippen LogP contribution in [0.5, 0.6) is 0 Å². The fraction of sp³-hybridized carbons (Fsp3) is 0.536. The van der Waals surface area contributed by atoms with Gasteiger partial charge in [-0.3, -0.25) is 0 Å². The Labute approximate surface area is 212 Å². The summed E-state index contributed by atoms with van der Waals surface area (Å²) in [6, 6.07) is 13.6. The van der Waals surface area contributed by atoms with Gasteiger partial charge in [-0.15, -0.1) is 0 Å². The van der Waals surface area contributed by atoms with E-state index in [2.05, 4.69) is 0 Å². The topological polar surface area (TPSA) is 99.3 Å². The number of likely N-dealkylation sites (tertiary alicyclic amines) is 2. The number of benzene rings is 2. The number of rotatable bonds is 8. The number of nitrogens with zero attached hydrogens (tertiary/aromatic N) is 2. The van der Waals surface area contributed by atoms with Gasteiger partial charge in [0, 0.05) is 57.4 Å². The molecule has 4 N–H and O–H groups in total. The van der Waals surface area contributed by atoms with Crippen molar-refractivity contribution < 1.29 is 24.1 Å². The lowest BCUT2D eigenvalue weighted by Crippen LogP contribution is -2.52. The normalized spacial score (nSPS) is 24.1. The molecule has 0 saturated carbocycles. The van der Waals surface area contributed by atoms with Crippen LogP contribution in [0, 0.1) is 11.7 Å². The fourth-order valence-electron chi connectivity index (χ4n) is 5.69. The predicted octanol–water partition coefficient (Wildman–Crippen LogP) is 3.33. The van der Waals surface area contributed by atoms with Crippen LogP contribution >= 0.6 is 0 Å². The van der Waals surface area contributed by atoms with E-state index >= 15 is 4.39 Å². The van der Waals surface area contributed by atoms with Crippen LogP contribution in [0.4, 0.5) is 9.18 Å². The van der Waals surface area contributed by atoms with E-state index in [1.54, 1.807) is 23.0 Å². The molecule has 0 aliphatic carbocycles. The number of hydrogen-bond acceptors (Lipinski definition) is 5. The van der Waals surface area contributed by atoms with Crippen LogP contribution in [-0.2, 0) is 10.3 Å². The standard InChI is InChI=1S/C28H38FN3O4/c1-36-16-6-5-14-28(35,22-12-7-13-23(29)26(22)20-9-3-2-4-10-20)21-11-8-15-31(17-21)27(34)32-18-24(30)25(33)19-32/h2-4,7,9-10,12-13,21,24-25,33,35H,5-6,8,11,14-19,30H2,1H3/t21-,24-,25+,28+/m1/s1. The third-order valence-corrected chi connectivity index (χ3v) is 7.67. The SMILES string of the molecule is COCCCC[C@@](O)(c1cccc(F)c1-c1ccccc1)[C@@H]1CCCN(C(=O)N2C[C@@H](N)[C@@H](O)C2)C1. The van der Waals surface area contributed by atoms with E-state index < -0.39 is 17.7 Å². The molecule has 36 heavy (non-hydrogen) atoms. The lowest BCUT2D eigenvalue weighted by Gasteiger charge is -2.44. The summed E-state index contributed by atoms with van der Waals surface area (Å²) < 4.78 is 20.5. The lowest BCUT2D eigenvalue weighted by atomic mass is 9.72. The van der Waals surface area contributed by atoms with Gasteiger partial charge in [0.15, 0.2) is 0 Å². The number of aliphatic hydroxyl groups excluding tert-OH is 1. The van der Waals surface area contributed by atoms with Crippen LogP contribution in [0.2, 0.25) is 0 Å². The number of ether oxygens (including phenoxy) is 1. The molecular formula is C28H38FN3O4. The first-order valence-corrected chi connectivity index (χ1v) is 12.9. The van der Waals surface area contributed by atoms with E-state index in [0.29, 0.717) is 55.8 Å². The van der Waals surface area contributed by atoms with Crippen molar-refractivity contribution in [1.29, 1.82) is 0 Å². The number of methoxy groups -OCH3 is 1. The van der Waals surface area contributed by atoms with E-state index in [-0.39, 0.29) is 24.3 Å². The highest BCUT2D eigenvalue weighted by atomic mass is 19.1. The fourth-order valence-corrected chi connectivity index (χ4v) is 5.69. The first-order chi connectivity index (χ1) is 17.3. The molecule has 2 saturated heterocycles. The number of carbonyl (C=O) groups is 1. The highest BCUT2D eigenvalue weighted by molar-refractivity contribution is 5.75. The number of halogens is 1. The molecule has 4 rings (SSSR count). The van der Waals surface area contributed by atoms with Crippen molar-refractivity contribution in [2.24, 2.45) is 11.7 Å². The van der Waals surface area contributed by atoms with E-state index in [0.717, 1.165) is 19.3 Å². The van der Waals surface area contributed by atoms with Crippen LogP contribution in [-0.4, -0.2) is 78.1 Å². The molecule has 0 bridgehead atoms. The van der Waals surface area contributed by atoms with Gasteiger partial charge in [-0.1, -0.05) is 42.5 Å². The number of urea groups is 1. The number of nitrogens with two attached hydrogens (primary N) is 1. The molecule has 0 spiro atoms. The highest BCUT2D eigenvalue weighted by Gasteiger charge is 2.44. The predicted molar refractivity (Wildman–Crippen MR) is 137 cm³/mol. The van der Waals surface area contributed by atoms with Gasteiger partial charge in [-0.05, 0) is 49.3 Å². The summed E-state index contributed by atoms with van der Waals surface area (Å²) in [5.74, 6) is -0.652. The minimum atomic E-state index is -1.33. The Morgan fingerprint density at radius 1 is 1.11 bits per heavy atom. The molecule has 196 valence electrons. The van der Waals surface area contributed by atoms with Gasteiger partial charge in [-0.2, -0.15) is 0 Å². The van der Waals surface area contributed by atoms with Crippen molar-refractivity contribution in [3.63, 3.8) is 0 Å². The van der Waals surface area contributed by atoms with E-state index in [1.165, 1.54) is 6.07 Å². The summed E-state index contributed by atoms with van der Waals surface area (Å²) in [7, 11) is 1.65. The quantitative estimate of drug-likeness (QED) is 0.484. The summed E-state index contributed by atoms with van der Waals surface area (Å²) >= 11 is 0. The molecule has 2 aliphatic heterocycles. The van der Waals surface area contributed by atoms with E-state index in [1.807, 2.05) is 36.4 Å². The lowest BCUT2D eigenvalue weighted by molar-refractivity contribution is -0.0573. The first kappa shape index (κ1) is 26.5. The maximum absolute atomic E-state index is 15.3. The molecule has 7 nitrogen and oxygen atoms in total. The molecule has 8 heteroatoms. The second-order valence-corrected chi connectivity index (χ2v) is 10.1. The average molecular weight is 500 g/mol. The Kier molecular flexibility index (Phi) is 8.62. The maximum atomic E-state index is 15.3. The van der Waals surface area contributed by atoms with Crippen molar-refractivity contribution in [1.82, 2.24) is 9.80 Å². The average Bonchev–Trinajstić information content (AvgIpc) is 3.24. The van der Waals surface area contributed by atoms with E-state index in [4.69, 9.17) is 10.5 Å². The molecule has 0 radical (unpaired) electrons. The van der Waals surface area contributed by atoms with Gasteiger partial charge in [0.25, 0.3) is 0 Å². The first-order valence-electron chi connectivity index (χ1n) is 12.9. The Balaban J connectivity index is 1.66. The monoisotopic (exact) mass is 499 g/mol. The summed E-state index contributed by atoms with van der Waals surface area (Å²) in [6.07, 6.45) is 2.63. The Morgan fingerprint density at radius 2 is 1.89 bits per heavy atom. The third kappa shape index (κ3) is 5.57. The molecular weight excluding hydrogens is 461 g/mol. The molecule has 2 fully saturated rings. The van der Waals surface area contributed by atoms with Gasteiger partial charge in [0.1, 0.15) is 5.82 Å². The maximum Gasteiger partial charge on any atom is 0.320 e. The number of carbonyl (C=O) groups excluding carboxylic acids is 1. The molecule has 0 unspecified atom stereocenters. The molecule has 0 aromatic heterocycles. The van der Waals surface area contributed by atoms with Crippen molar-refractivity contribution in [2.45, 2.75) is 49.9 Å². The Morgan fingerprint density at radius 3 is 2.58 bits per heavy atom. The smallest absolute Gasteiger partial charge is 0.320 e. The number of aliphatic hydroxyl groups is 2. The summed E-state index contributed by atoms with van der Waals surface area (Å²) in [4.78, 5) is 16.6. The Hall–Kier alpha value is -2.52. The number of amides is 2. The number of hydrogen-bond donors (Lipinski definition) is 3. The third-order valence-electron chi connectivity index (χ3n) is 7.67. The zero-order valence-corrected chi connectivity index (χ0v) is 21.0. The minimum absolute atomic E-state index is 0.170. The van der Waals surface area contributed by atoms with Crippen molar-refractivity contribution in [3.05, 3.63) is 59.9 Å². The summed E-state index contributed by atoms with van der Waals surface area (Å²) in [5.41, 5.74) is 6.27. The van der Waals surface area contributed by atoms with Crippen LogP contribution in [0.25, 0.3) is 11.1 Å². The van der Waals surface area contributed by atoms with Gasteiger partial charge < -0.3 is 30.5 Å². The highest BCUT2D eigenvalue weighted by Crippen LogP contribution is 2.44. The van der Waals surface area contributed by atoms with Crippen molar-refractivity contribution >= 4 is 6.03 Å². The largest absolute Gasteiger partial charge is 0.390 e. The second-order valence-electron chi connectivity index (χ2n) is 10.1. The molecule has 2 aromatic rings. The van der Waals surface area contributed by atoms with Gasteiger partial charge >= 0.3 is 6.03 Å². The minimum Gasteiger partial charge on any atom is -0.390 e. The molecule has 2 aliphatic rings. The zero-order valence-electron chi connectivity index (χ0n) is 21.0. The van der Waals surface area contributed by atoms with Crippen LogP contribution in [0.3, 0.4) is 0 Å². The van der Waals surface area contributed by atoms with Gasteiger partial charge in [0.2, 0.25) is 0 Å².